The van der Waals surface area contributed by atoms with Crippen LogP contribution < -0.4 is 5.73 Å². The fraction of sp³-hybridized carbons (Fsp3) is 0.533. The van der Waals surface area contributed by atoms with Crippen LogP contribution in [0.3, 0.4) is 0 Å². The standard InChI is InChI=1S/C15H23ClN2O/c1-11(12-6-5-7-13(16)10-12)18(4)14(19)8-9-15(2,3)17/h5-7,10-11H,8-9,17H2,1-4H3. The first-order chi connectivity index (χ1) is 8.70. The van der Waals surface area contributed by atoms with Gasteiger partial charge in [0.05, 0.1) is 6.04 Å². The van der Waals surface area contributed by atoms with Crippen molar-refractivity contribution in [3.05, 3.63) is 34.9 Å². The normalized spacial score (nSPS) is 13.2. The first-order valence-electron chi connectivity index (χ1n) is 6.51. The van der Waals surface area contributed by atoms with Gasteiger partial charge in [0.1, 0.15) is 0 Å². The van der Waals surface area contributed by atoms with Crippen LogP contribution in [0.1, 0.15) is 45.2 Å². The number of carbonyl (C=O) groups excluding carboxylic acids is 1. The third-order valence-electron chi connectivity index (χ3n) is 3.29. The quantitative estimate of drug-likeness (QED) is 0.900. The van der Waals surface area contributed by atoms with E-state index in [0.29, 0.717) is 17.9 Å². The summed E-state index contributed by atoms with van der Waals surface area (Å²) in [5.74, 6) is 0.103. The lowest BCUT2D eigenvalue weighted by Gasteiger charge is -2.27. The highest BCUT2D eigenvalue weighted by Gasteiger charge is 2.20. The van der Waals surface area contributed by atoms with Crippen LogP contribution in [-0.2, 0) is 4.79 Å². The van der Waals surface area contributed by atoms with E-state index in [2.05, 4.69) is 0 Å². The molecular weight excluding hydrogens is 260 g/mol. The largest absolute Gasteiger partial charge is 0.339 e. The minimum absolute atomic E-state index is 0.00656. The van der Waals surface area contributed by atoms with Crippen LogP contribution in [0.25, 0.3) is 0 Å². The molecule has 0 aliphatic carbocycles. The van der Waals surface area contributed by atoms with Crippen LogP contribution in [0, 0.1) is 0 Å². The van der Waals surface area contributed by atoms with Gasteiger partial charge in [0.15, 0.2) is 0 Å². The topological polar surface area (TPSA) is 46.3 Å². The SMILES string of the molecule is CC(c1cccc(Cl)c1)N(C)C(=O)CCC(C)(C)N. The van der Waals surface area contributed by atoms with E-state index in [1.165, 1.54) is 0 Å². The maximum Gasteiger partial charge on any atom is 0.222 e. The average Bonchev–Trinajstić information content (AvgIpc) is 2.33. The van der Waals surface area contributed by atoms with Crippen molar-refractivity contribution in [2.45, 2.75) is 45.2 Å². The van der Waals surface area contributed by atoms with Gasteiger partial charge in [-0.25, -0.2) is 0 Å². The molecule has 0 spiro atoms. The summed E-state index contributed by atoms with van der Waals surface area (Å²) in [7, 11) is 1.82. The summed E-state index contributed by atoms with van der Waals surface area (Å²) in [5.41, 5.74) is 6.63. The predicted octanol–water partition coefficient (Wildman–Crippen LogP) is 3.38. The van der Waals surface area contributed by atoms with Gasteiger partial charge in [-0.3, -0.25) is 4.79 Å². The van der Waals surface area contributed by atoms with Gasteiger partial charge in [-0.2, -0.15) is 0 Å². The highest BCUT2D eigenvalue weighted by atomic mass is 35.5. The van der Waals surface area contributed by atoms with Crippen molar-refractivity contribution in [2.75, 3.05) is 7.05 Å². The van der Waals surface area contributed by atoms with E-state index >= 15 is 0 Å². The molecule has 1 unspecified atom stereocenters. The zero-order valence-electron chi connectivity index (χ0n) is 12.1. The van der Waals surface area contributed by atoms with Gasteiger partial charge in [-0.1, -0.05) is 23.7 Å². The molecule has 1 rings (SSSR count). The molecule has 2 N–H and O–H groups in total. The summed E-state index contributed by atoms with van der Waals surface area (Å²) in [4.78, 5) is 13.9. The summed E-state index contributed by atoms with van der Waals surface area (Å²) in [6, 6.07) is 7.61. The molecule has 0 saturated carbocycles. The molecule has 4 heteroatoms. The summed E-state index contributed by atoms with van der Waals surface area (Å²) >= 11 is 5.97. The molecule has 1 aromatic rings. The van der Waals surface area contributed by atoms with Crippen LogP contribution in [0.5, 0.6) is 0 Å². The number of nitrogens with zero attached hydrogens (tertiary/aromatic N) is 1. The van der Waals surface area contributed by atoms with E-state index in [4.69, 9.17) is 17.3 Å². The zero-order chi connectivity index (χ0) is 14.6. The Balaban J connectivity index is 2.66. The lowest BCUT2D eigenvalue weighted by Crippen LogP contribution is -2.35. The van der Waals surface area contributed by atoms with E-state index in [9.17, 15) is 4.79 Å². The predicted molar refractivity (Wildman–Crippen MR) is 80.1 cm³/mol. The van der Waals surface area contributed by atoms with Crippen LogP contribution in [-0.4, -0.2) is 23.4 Å². The summed E-state index contributed by atoms with van der Waals surface area (Å²) in [5, 5.41) is 0.688. The van der Waals surface area contributed by atoms with Gasteiger partial charge in [-0.05, 0) is 44.9 Å². The molecule has 0 bridgehead atoms. The number of hydrogen-bond acceptors (Lipinski definition) is 2. The molecule has 0 radical (unpaired) electrons. The molecule has 0 saturated heterocycles. The van der Waals surface area contributed by atoms with Gasteiger partial charge >= 0.3 is 0 Å². The van der Waals surface area contributed by atoms with Gasteiger partial charge in [-0.15, -0.1) is 0 Å². The fourth-order valence-corrected chi connectivity index (χ4v) is 2.01. The summed E-state index contributed by atoms with van der Waals surface area (Å²) in [6.07, 6.45) is 1.14. The Morgan fingerprint density at radius 1 is 1.47 bits per heavy atom. The van der Waals surface area contributed by atoms with Crippen molar-refractivity contribution in [1.82, 2.24) is 4.90 Å². The van der Waals surface area contributed by atoms with E-state index in [1.807, 2.05) is 52.1 Å². The Morgan fingerprint density at radius 2 is 2.11 bits per heavy atom. The van der Waals surface area contributed by atoms with Crippen molar-refractivity contribution in [2.24, 2.45) is 5.73 Å². The van der Waals surface area contributed by atoms with Crippen molar-refractivity contribution >= 4 is 17.5 Å². The molecule has 106 valence electrons. The third-order valence-corrected chi connectivity index (χ3v) is 3.52. The molecule has 0 aliphatic heterocycles. The maximum absolute atomic E-state index is 12.1. The average molecular weight is 283 g/mol. The zero-order valence-corrected chi connectivity index (χ0v) is 12.9. The Kier molecular flexibility index (Phi) is 5.39. The minimum atomic E-state index is -0.310. The first-order valence-corrected chi connectivity index (χ1v) is 6.88. The summed E-state index contributed by atoms with van der Waals surface area (Å²) in [6.45, 7) is 5.86. The van der Waals surface area contributed by atoms with E-state index < -0.39 is 0 Å². The second kappa shape index (κ2) is 6.40. The van der Waals surface area contributed by atoms with Crippen LogP contribution in [0.2, 0.25) is 5.02 Å². The highest BCUT2D eigenvalue weighted by Crippen LogP contribution is 2.23. The molecule has 0 aromatic heterocycles. The molecule has 3 nitrogen and oxygen atoms in total. The van der Waals surface area contributed by atoms with E-state index in [-0.39, 0.29) is 17.5 Å². The first kappa shape index (κ1) is 16.0. The van der Waals surface area contributed by atoms with Crippen LogP contribution >= 0.6 is 11.6 Å². The molecular formula is C15H23ClN2O. The molecule has 19 heavy (non-hydrogen) atoms. The van der Waals surface area contributed by atoms with Crippen LogP contribution in [0.15, 0.2) is 24.3 Å². The molecule has 1 amide bonds. The monoisotopic (exact) mass is 282 g/mol. The molecule has 1 atom stereocenters. The number of rotatable bonds is 5. The number of carbonyl (C=O) groups is 1. The van der Waals surface area contributed by atoms with Gasteiger partial charge in [0.2, 0.25) is 5.91 Å². The third kappa shape index (κ3) is 5.21. The van der Waals surface area contributed by atoms with Gasteiger partial charge < -0.3 is 10.6 Å². The maximum atomic E-state index is 12.1. The number of hydrogen-bond donors (Lipinski definition) is 1. The van der Waals surface area contributed by atoms with E-state index in [1.54, 1.807) is 4.90 Å². The Hall–Kier alpha value is -1.06. The number of benzene rings is 1. The lowest BCUT2D eigenvalue weighted by molar-refractivity contribution is -0.132. The second-order valence-electron chi connectivity index (χ2n) is 5.72. The van der Waals surface area contributed by atoms with Crippen molar-refractivity contribution in [1.29, 1.82) is 0 Å². The number of amides is 1. The number of halogens is 1. The van der Waals surface area contributed by atoms with Gasteiger partial charge in [0, 0.05) is 24.0 Å². The number of nitrogens with two attached hydrogens (primary N) is 1. The van der Waals surface area contributed by atoms with Crippen LogP contribution in [0.4, 0.5) is 0 Å². The Bertz CT molecular complexity index is 440. The smallest absolute Gasteiger partial charge is 0.222 e. The van der Waals surface area contributed by atoms with Crippen molar-refractivity contribution in [3.8, 4) is 0 Å². The molecule has 1 aromatic carbocycles. The Morgan fingerprint density at radius 3 is 2.63 bits per heavy atom. The molecule has 0 aliphatic rings. The fourth-order valence-electron chi connectivity index (χ4n) is 1.81. The Labute approximate surface area is 120 Å². The summed E-state index contributed by atoms with van der Waals surface area (Å²) < 4.78 is 0. The molecule has 0 fully saturated rings. The minimum Gasteiger partial charge on any atom is -0.339 e. The van der Waals surface area contributed by atoms with E-state index in [0.717, 1.165) is 5.56 Å². The van der Waals surface area contributed by atoms with Gasteiger partial charge in [0.25, 0.3) is 0 Å². The highest BCUT2D eigenvalue weighted by molar-refractivity contribution is 6.30. The molecule has 0 heterocycles. The van der Waals surface area contributed by atoms with Crippen molar-refractivity contribution in [3.63, 3.8) is 0 Å². The second-order valence-corrected chi connectivity index (χ2v) is 6.16. The lowest BCUT2D eigenvalue weighted by atomic mass is 9.99. The van der Waals surface area contributed by atoms with Crippen molar-refractivity contribution < 1.29 is 4.79 Å².